The van der Waals surface area contributed by atoms with Crippen LogP contribution in [0.15, 0.2) is 18.2 Å². The van der Waals surface area contributed by atoms with Crippen molar-refractivity contribution in [3.8, 4) is 0 Å². The summed E-state index contributed by atoms with van der Waals surface area (Å²) in [6.07, 6.45) is 3.93. The van der Waals surface area contributed by atoms with Crippen LogP contribution in [0.25, 0.3) is 11.0 Å². The summed E-state index contributed by atoms with van der Waals surface area (Å²) in [7, 11) is 2.17. The molecule has 0 spiro atoms. The molecule has 0 amide bonds. The monoisotopic (exact) mass is 241 g/mol. The summed E-state index contributed by atoms with van der Waals surface area (Å²) in [4.78, 5) is 4.90. The number of fused-ring (bicyclic) bond motifs is 3. The summed E-state index contributed by atoms with van der Waals surface area (Å²) in [5.41, 5.74) is 3.77. The van der Waals surface area contributed by atoms with Gasteiger partial charge in [-0.3, -0.25) is 0 Å². The molecule has 3 heteroatoms. The molecule has 3 unspecified atom stereocenters. The Labute approximate surface area is 107 Å². The van der Waals surface area contributed by atoms with Crippen molar-refractivity contribution >= 4 is 11.0 Å². The molecule has 1 aromatic heterocycles. The van der Waals surface area contributed by atoms with Crippen LogP contribution in [0, 0.1) is 6.92 Å². The Morgan fingerprint density at radius 3 is 2.89 bits per heavy atom. The molecule has 2 saturated heterocycles. The van der Waals surface area contributed by atoms with Gasteiger partial charge in [-0.25, -0.2) is 4.98 Å². The van der Waals surface area contributed by atoms with Gasteiger partial charge in [-0.1, -0.05) is 12.1 Å². The van der Waals surface area contributed by atoms with Gasteiger partial charge in [-0.05, 0) is 37.8 Å². The van der Waals surface area contributed by atoms with Crippen LogP contribution in [0.4, 0.5) is 0 Å². The highest BCUT2D eigenvalue weighted by molar-refractivity contribution is 5.79. The van der Waals surface area contributed by atoms with E-state index in [1.54, 1.807) is 0 Å². The van der Waals surface area contributed by atoms with Crippen LogP contribution in [0.2, 0.25) is 0 Å². The molecule has 2 aliphatic heterocycles. The Bertz CT molecular complexity index is 613. The SMILES string of the molecule is Cc1cccc2nc(C3CC4CCC3N4)n(C)c12. The third kappa shape index (κ3) is 1.31. The van der Waals surface area contributed by atoms with Crippen LogP contribution in [-0.4, -0.2) is 21.6 Å². The van der Waals surface area contributed by atoms with Crippen LogP contribution in [0.1, 0.15) is 36.6 Å². The number of aromatic nitrogens is 2. The molecule has 3 nitrogen and oxygen atoms in total. The van der Waals surface area contributed by atoms with E-state index in [4.69, 9.17) is 4.98 Å². The number of hydrogen-bond donors (Lipinski definition) is 1. The largest absolute Gasteiger partial charge is 0.331 e. The topological polar surface area (TPSA) is 29.9 Å². The minimum atomic E-state index is 0.612. The lowest BCUT2D eigenvalue weighted by atomic mass is 9.88. The van der Waals surface area contributed by atoms with Crippen molar-refractivity contribution < 1.29 is 0 Å². The van der Waals surface area contributed by atoms with Crippen LogP contribution >= 0.6 is 0 Å². The fourth-order valence-electron chi connectivity index (χ4n) is 3.92. The molecule has 2 aliphatic rings. The van der Waals surface area contributed by atoms with Gasteiger partial charge < -0.3 is 9.88 Å². The summed E-state index contributed by atoms with van der Waals surface area (Å²) in [6, 6.07) is 7.80. The summed E-state index contributed by atoms with van der Waals surface area (Å²) < 4.78 is 2.32. The number of nitrogens with one attached hydrogen (secondary N) is 1. The number of hydrogen-bond acceptors (Lipinski definition) is 2. The van der Waals surface area contributed by atoms with Crippen LogP contribution < -0.4 is 5.32 Å². The molecular formula is C15H19N3. The molecule has 0 saturated carbocycles. The van der Waals surface area contributed by atoms with Crippen LogP contribution in [0.3, 0.4) is 0 Å². The van der Waals surface area contributed by atoms with Crippen molar-refractivity contribution in [2.45, 2.75) is 44.2 Å². The molecule has 3 heterocycles. The van der Waals surface area contributed by atoms with Gasteiger partial charge in [0.15, 0.2) is 0 Å². The second-order valence-corrected chi connectivity index (χ2v) is 5.86. The van der Waals surface area contributed by atoms with E-state index in [1.165, 1.54) is 36.2 Å². The lowest BCUT2D eigenvalue weighted by Crippen LogP contribution is -2.23. The summed E-state index contributed by atoms with van der Waals surface area (Å²) in [6.45, 7) is 2.17. The average Bonchev–Trinajstić information content (AvgIpc) is 3.03. The first-order valence-corrected chi connectivity index (χ1v) is 6.92. The van der Waals surface area contributed by atoms with Gasteiger partial charge >= 0.3 is 0 Å². The Morgan fingerprint density at radius 2 is 2.22 bits per heavy atom. The average molecular weight is 241 g/mol. The van der Waals surface area contributed by atoms with E-state index in [1.807, 2.05) is 0 Å². The first-order valence-electron chi connectivity index (χ1n) is 6.92. The fourth-order valence-corrected chi connectivity index (χ4v) is 3.92. The summed E-state index contributed by atoms with van der Waals surface area (Å²) in [5, 5.41) is 3.71. The van der Waals surface area contributed by atoms with E-state index < -0.39 is 0 Å². The van der Waals surface area contributed by atoms with E-state index in [2.05, 4.69) is 42.1 Å². The van der Waals surface area contributed by atoms with E-state index >= 15 is 0 Å². The molecule has 18 heavy (non-hydrogen) atoms. The molecule has 4 rings (SSSR count). The van der Waals surface area contributed by atoms with Crippen LogP contribution in [-0.2, 0) is 7.05 Å². The minimum absolute atomic E-state index is 0.612. The maximum Gasteiger partial charge on any atom is 0.114 e. The molecule has 2 aromatic rings. The van der Waals surface area contributed by atoms with Gasteiger partial charge in [0.1, 0.15) is 5.82 Å². The molecular weight excluding hydrogens is 222 g/mol. The maximum atomic E-state index is 4.90. The highest BCUT2D eigenvalue weighted by Gasteiger charge is 2.41. The minimum Gasteiger partial charge on any atom is -0.331 e. The quantitative estimate of drug-likeness (QED) is 0.831. The van der Waals surface area contributed by atoms with Crippen LogP contribution in [0.5, 0.6) is 0 Å². The Kier molecular flexibility index (Phi) is 2.10. The molecule has 0 aliphatic carbocycles. The third-order valence-electron chi connectivity index (χ3n) is 4.76. The van der Waals surface area contributed by atoms with Crippen molar-refractivity contribution in [3.63, 3.8) is 0 Å². The Balaban J connectivity index is 1.86. The number of aryl methyl sites for hydroxylation is 2. The number of para-hydroxylation sites is 1. The highest BCUT2D eigenvalue weighted by atomic mass is 15.1. The normalized spacial score (nSPS) is 30.4. The molecule has 0 radical (unpaired) electrons. The van der Waals surface area contributed by atoms with Gasteiger partial charge in [-0.15, -0.1) is 0 Å². The van der Waals surface area contributed by atoms with Crippen molar-refractivity contribution in [3.05, 3.63) is 29.6 Å². The zero-order valence-corrected chi connectivity index (χ0v) is 11.0. The van der Waals surface area contributed by atoms with E-state index in [9.17, 15) is 0 Å². The van der Waals surface area contributed by atoms with Gasteiger partial charge in [0, 0.05) is 25.0 Å². The van der Waals surface area contributed by atoms with E-state index in [0.29, 0.717) is 12.0 Å². The first-order chi connectivity index (χ1) is 8.74. The first kappa shape index (κ1) is 10.6. The molecule has 1 aromatic carbocycles. The Morgan fingerprint density at radius 1 is 1.33 bits per heavy atom. The van der Waals surface area contributed by atoms with Crippen molar-refractivity contribution in [2.75, 3.05) is 0 Å². The van der Waals surface area contributed by atoms with Crippen molar-refractivity contribution in [2.24, 2.45) is 7.05 Å². The highest BCUT2D eigenvalue weighted by Crippen LogP contribution is 2.40. The van der Waals surface area contributed by atoms with Crippen molar-refractivity contribution in [1.82, 2.24) is 14.9 Å². The van der Waals surface area contributed by atoms with Gasteiger partial charge in [0.05, 0.1) is 11.0 Å². The van der Waals surface area contributed by atoms with Crippen molar-refractivity contribution in [1.29, 1.82) is 0 Å². The summed E-state index contributed by atoms with van der Waals surface area (Å²) in [5.74, 6) is 1.89. The molecule has 94 valence electrons. The second-order valence-electron chi connectivity index (χ2n) is 5.86. The molecule has 2 fully saturated rings. The van der Waals surface area contributed by atoms with Gasteiger partial charge in [-0.2, -0.15) is 0 Å². The maximum absolute atomic E-state index is 4.90. The smallest absolute Gasteiger partial charge is 0.114 e. The number of nitrogens with zero attached hydrogens (tertiary/aromatic N) is 2. The molecule has 2 bridgehead atoms. The predicted molar refractivity (Wildman–Crippen MR) is 72.8 cm³/mol. The van der Waals surface area contributed by atoms with E-state index in [0.717, 1.165) is 11.6 Å². The van der Waals surface area contributed by atoms with E-state index in [-0.39, 0.29) is 0 Å². The number of imidazole rings is 1. The predicted octanol–water partition coefficient (Wildman–Crippen LogP) is 2.49. The lowest BCUT2D eigenvalue weighted by Gasteiger charge is -2.19. The second kappa shape index (κ2) is 3.58. The number of rotatable bonds is 1. The zero-order chi connectivity index (χ0) is 12.3. The van der Waals surface area contributed by atoms with Gasteiger partial charge in [0.25, 0.3) is 0 Å². The lowest BCUT2D eigenvalue weighted by molar-refractivity contribution is 0.478. The fraction of sp³-hybridized carbons (Fsp3) is 0.533. The zero-order valence-electron chi connectivity index (χ0n) is 11.0. The molecule has 1 N–H and O–H groups in total. The Hall–Kier alpha value is -1.35. The number of benzene rings is 1. The standard InChI is InChI=1S/C15H19N3/c1-9-4-3-5-13-14(9)18(2)15(17-13)11-8-10-6-7-12(11)16-10/h3-5,10-12,16H,6-8H2,1-2H3. The van der Waals surface area contributed by atoms with Gasteiger partial charge in [0.2, 0.25) is 0 Å². The molecule has 3 atom stereocenters. The third-order valence-corrected chi connectivity index (χ3v) is 4.76. The summed E-state index contributed by atoms with van der Waals surface area (Å²) >= 11 is 0.